The zero-order valence-corrected chi connectivity index (χ0v) is 14.3. The largest absolute Gasteiger partial charge is 0.369 e. The Balaban J connectivity index is 1.89. The van der Waals surface area contributed by atoms with E-state index in [1.54, 1.807) is 0 Å². The van der Waals surface area contributed by atoms with Gasteiger partial charge in [-0.05, 0) is 38.5 Å². The van der Waals surface area contributed by atoms with Crippen molar-refractivity contribution >= 4 is 5.69 Å². The number of benzene rings is 1. The normalized spacial score (nSPS) is 17.5. The average molecular weight is 289 g/mol. The highest BCUT2D eigenvalue weighted by molar-refractivity contribution is 5.48. The molecular formula is C18H31N3. The highest BCUT2D eigenvalue weighted by Crippen LogP contribution is 2.21. The van der Waals surface area contributed by atoms with E-state index in [1.165, 1.54) is 11.3 Å². The van der Waals surface area contributed by atoms with Crippen molar-refractivity contribution in [3.05, 3.63) is 29.8 Å². The van der Waals surface area contributed by atoms with Gasteiger partial charge >= 0.3 is 0 Å². The predicted octanol–water partition coefficient (Wildman–Crippen LogP) is 3.11. The average Bonchev–Trinajstić information content (AvgIpc) is 2.45. The first-order chi connectivity index (χ1) is 9.86. The minimum Gasteiger partial charge on any atom is -0.369 e. The van der Waals surface area contributed by atoms with Gasteiger partial charge in [-0.3, -0.25) is 4.90 Å². The smallest absolute Gasteiger partial charge is 0.0367 e. The van der Waals surface area contributed by atoms with Gasteiger partial charge < -0.3 is 10.2 Å². The van der Waals surface area contributed by atoms with Crippen LogP contribution in [0.25, 0.3) is 0 Å². The van der Waals surface area contributed by atoms with Crippen LogP contribution in [-0.4, -0.2) is 42.7 Å². The summed E-state index contributed by atoms with van der Waals surface area (Å²) in [4.78, 5) is 5.08. The van der Waals surface area contributed by atoms with E-state index in [1.807, 2.05) is 0 Å². The zero-order chi connectivity index (χ0) is 15.5. The molecule has 0 saturated carbocycles. The van der Waals surface area contributed by atoms with E-state index in [9.17, 15) is 0 Å². The predicted molar refractivity (Wildman–Crippen MR) is 92.0 cm³/mol. The summed E-state index contributed by atoms with van der Waals surface area (Å²) in [5.74, 6) is 0. The van der Waals surface area contributed by atoms with Gasteiger partial charge in [-0.25, -0.2) is 0 Å². The van der Waals surface area contributed by atoms with Gasteiger partial charge in [0.1, 0.15) is 0 Å². The highest BCUT2D eigenvalue weighted by atomic mass is 15.3. The molecule has 0 aliphatic carbocycles. The van der Waals surface area contributed by atoms with E-state index in [-0.39, 0.29) is 0 Å². The summed E-state index contributed by atoms with van der Waals surface area (Å²) in [5.41, 5.74) is 3.01. The molecule has 0 aromatic heterocycles. The summed E-state index contributed by atoms with van der Waals surface area (Å²) in [6, 6.07) is 9.57. The maximum Gasteiger partial charge on any atom is 0.0367 e. The van der Waals surface area contributed by atoms with Gasteiger partial charge in [0.2, 0.25) is 0 Å². The SMILES string of the molecule is CC(C)NCc1ccc(N2CCN(C(C)(C)C)CC2)cc1. The van der Waals surface area contributed by atoms with E-state index < -0.39 is 0 Å². The van der Waals surface area contributed by atoms with Crippen molar-refractivity contribution in [1.82, 2.24) is 10.2 Å². The molecule has 1 N–H and O–H groups in total. The van der Waals surface area contributed by atoms with E-state index in [0.29, 0.717) is 11.6 Å². The first-order valence-corrected chi connectivity index (χ1v) is 8.18. The minimum atomic E-state index is 0.290. The topological polar surface area (TPSA) is 18.5 Å². The number of hydrogen-bond donors (Lipinski definition) is 1. The number of hydrogen-bond acceptors (Lipinski definition) is 3. The Morgan fingerprint density at radius 3 is 2.05 bits per heavy atom. The number of nitrogens with zero attached hydrogens (tertiary/aromatic N) is 2. The molecular weight excluding hydrogens is 258 g/mol. The fraction of sp³-hybridized carbons (Fsp3) is 0.667. The molecule has 0 spiro atoms. The molecule has 1 saturated heterocycles. The fourth-order valence-electron chi connectivity index (χ4n) is 2.78. The molecule has 1 fully saturated rings. The summed E-state index contributed by atoms with van der Waals surface area (Å²) in [6.45, 7) is 16.8. The van der Waals surface area contributed by atoms with Crippen LogP contribution in [0.4, 0.5) is 5.69 Å². The maximum atomic E-state index is 3.46. The Morgan fingerprint density at radius 1 is 1.00 bits per heavy atom. The maximum absolute atomic E-state index is 3.46. The zero-order valence-electron chi connectivity index (χ0n) is 14.3. The van der Waals surface area contributed by atoms with Gasteiger partial charge in [-0.15, -0.1) is 0 Å². The lowest BCUT2D eigenvalue weighted by Crippen LogP contribution is -2.53. The molecule has 0 unspecified atom stereocenters. The molecule has 0 radical (unpaired) electrons. The van der Waals surface area contributed by atoms with Crippen molar-refractivity contribution < 1.29 is 0 Å². The number of piperazine rings is 1. The first-order valence-electron chi connectivity index (χ1n) is 8.18. The van der Waals surface area contributed by atoms with E-state index in [0.717, 1.165) is 32.7 Å². The lowest BCUT2D eigenvalue weighted by atomic mass is 10.0. The standard InChI is InChI=1S/C18H31N3/c1-15(2)19-14-16-6-8-17(9-7-16)20-10-12-21(13-11-20)18(3,4)5/h6-9,15,19H,10-14H2,1-5H3. The number of anilines is 1. The second-order valence-electron chi connectivity index (χ2n) is 7.35. The second kappa shape index (κ2) is 6.80. The Kier molecular flexibility index (Phi) is 5.28. The minimum absolute atomic E-state index is 0.290. The van der Waals surface area contributed by atoms with Crippen LogP contribution in [0.3, 0.4) is 0 Å². The van der Waals surface area contributed by atoms with E-state index >= 15 is 0 Å². The van der Waals surface area contributed by atoms with Crippen molar-refractivity contribution in [2.75, 3.05) is 31.1 Å². The van der Waals surface area contributed by atoms with Gasteiger partial charge in [0.25, 0.3) is 0 Å². The molecule has 0 amide bonds. The third-order valence-corrected chi connectivity index (χ3v) is 4.24. The fourth-order valence-corrected chi connectivity index (χ4v) is 2.78. The molecule has 1 aromatic carbocycles. The van der Waals surface area contributed by atoms with Gasteiger partial charge in [0.05, 0.1) is 0 Å². The Labute approximate surface area is 130 Å². The molecule has 1 aliphatic rings. The van der Waals surface area contributed by atoms with Crippen LogP contribution in [0.5, 0.6) is 0 Å². The third kappa shape index (κ3) is 4.72. The van der Waals surface area contributed by atoms with Crippen molar-refractivity contribution in [2.24, 2.45) is 0 Å². The second-order valence-corrected chi connectivity index (χ2v) is 7.35. The molecule has 2 rings (SSSR count). The first kappa shape index (κ1) is 16.3. The molecule has 3 heteroatoms. The van der Waals surface area contributed by atoms with Crippen molar-refractivity contribution in [3.63, 3.8) is 0 Å². The number of rotatable bonds is 4. The monoisotopic (exact) mass is 289 g/mol. The number of nitrogens with one attached hydrogen (secondary N) is 1. The van der Waals surface area contributed by atoms with Crippen LogP contribution < -0.4 is 10.2 Å². The summed E-state index contributed by atoms with van der Waals surface area (Å²) in [7, 11) is 0. The third-order valence-electron chi connectivity index (χ3n) is 4.24. The molecule has 118 valence electrons. The lowest BCUT2D eigenvalue weighted by molar-refractivity contribution is 0.128. The van der Waals surface area contributed by atoms with Crippen LogP contribution in [0.1, 0.15) is 40.2 Å². The highest BCUT2D eigenvalue weighted by Gasteiger charge is 2.25. The van der Waals surface area contributed by atoms with Crippen LogP contribution >= 0.6 is 0 Å². The molecule has 0 atom stereocenters. The molecule has 21 heavy (non-hydrogen) atoms. The summed E-state index contributed by atoms with van der Waals surface area (Å²) >= 11 is 0. The van der Waals surface area contributed by atoms with Gasteiger partial charge in [0.15, 0.2) is 0 Å². The van der Waals surface area contributed by atoms with Gasteiger partial charge in [-0.1, -0.05) is 26.0 Å². The van der Waals surface area contributed by atoms with Crippen molar-refractivity contribution in [2.45, 2.75) is 52.7 Å². The quantitative estimate of drug-likeness (QED) is 0.919. The van der Waals surface area contributed by atoms with Crippen molar-refractivity contribution in [3.8, 4) is 0 Å². The molecule has 1 aromatic rings. The van der Waals surface area contributed by atoms with Crippen LogP contribution in [0.2, 0.25) is 0 Å². The summed E-state index contributed by atoms with van der Waals surface area (Å²) in [5, 5.41) is 3.46. The Morgan fingerprint density at radius 2 is 1.57 bits per heavy atom. The van der Waals surface area contributed by atoms with Gasteiger partial charge in [-0.2, -0.15) is 0 Å². The molecule has 0 bridgehead atoms. The Bertz CT molecular complexity index is 423. The van der Waals surface area contributed by atoms with E-state index in [2.05, 4.69) is 74.0 Å². The molecule has 3 nitrogen and oxygen atoms in total. The summed E-state index contributed by atoms with van der Waals surface area (Å²) < 4.78 is 0. The van der Waals surface area contributed by atoms with Crippen LogP contribution in [-0.2, 0) is 6.54 Å². The molecule has 1 aliphatic heterocycles. The Hall–Kier alpha value is -1.06. The van der Waals surface area contributed by atoms with Crippen LogP contribution in [0, 0.1) is 0 Å². The van der Waals surface area contributed by atoms with E-state index in [4.69, 9.17) is 0 Å². The van der Waals surface area contributed by atoms with Crippen LogP contribution in [0.15, 0.2) is 24.3 Å². The van der Waals surface area contributed by atoms with Crippen molar-refractivity contribution in [1.29, 1.82) is 0 Å². The van der Waals surface area contributed by atoms with Gasteiger partial charge in [0, 0.05) is 50.0 Å². The molecule has 1 heterocycles. The summed E-state index contributed by atoms with van der Waals surface area (Å²) in [6.07, 6.45) is 0. The lowest BCUT2D eigenvalue weighted by Gasteiger charge is -2.43.